The van der Waals surface area contributed by atoms with Gasteiger partial charge in [-0.1, -0.05) is 11.6 Å². The van der Waals surface area contributed by atoms with Crippen LogP contribution in [0.1, 0.15) is 6.42 Å². The Morgan fingerprint density at radius 2 is 2.53 bits per heavy atom. The van der Waals surface area contributed by atoms with Crippen LogP contribution < -0.4 is 10.6 Å². The largest absolute Gasteiger partial charge is 0.359 e. The van der Waals surface area contributed by atoms with Gasteiger partial charge in [-0.3, -0.25) is 14.8 Å². The quantitative estimate of drug-likeness (QED) is 0.456. The smallest absolute Gasteiger partial charge is 0.330 e. The van der Waals surface area contributed by atoms with E-state index in [1.54, 1.807) is 7.05 Å². The third-order valence-electron chi connectivity index (χ3n) is 2.65. The number of nitro groups is 1. The fourth-order valence-electron chi connectivity index (χ4n) is 1.76. The van der Waals surface area contributed by atoms with Gasteiger partial charge in [0.25, 0.3) is 0 Å². The molecule has 2 rings (SSSR count). The van der Waals surface area contributed by atoms with Crippen LogP contribution in [0.4, 0.5) is 11.5 Å². The highest BCUT2D eigenvalue weighted by atomic mass is 16.6. The Bertz CT molecular complexity index is 452. The molecular formula is C10H15N5O2. The molecule has 0 radical (unpaired) electrons. The number of hydrogen-bond acceptors (Lipinski definition) is 5. The van der Waals surface area contributed by atoms with Crippen molar-refractivity contribution >= 4 is 11.5 Å². The zero-order valence-electron chi connectivity index (χ0n) is 9.64. The lowest BCUT2D eigenvalue weighted by Crippen LogP contribution is -2.23. The zero-order valence-corrected chi connectivity index (χ0v) is 9.64. The van der Waals surface area contributed by atoms with Crippen LogP contribution in [0.15, 0.2) is 17.8 Å². The maximum absolute atomic E-state index is 10.8. The molecular weight excluding hydrogens is 222 g/mol. The lowest BCUT2D eigenvalue weighted by atomic mass is 10.1. The Labute approximate surface area is 98.7 Å². The molecule has 0 saturated heterocycles. The summed E-state index contributed by atoms with van der Waals surface area (Å²) in [4.78, 5) is 10.3. The van der Waals surface area contributed by atoms with E-state index < -0.39 is 4.92 Å². The van der Waals surface area contributed by atoms with Crippen molar-refractivity contribution in [3.63, 3.8) is 0 Å². The highest BCUT2D eigenvalue weighted by Crippen LogP contribution is 2.21. The minimum Gasteiger partial charge on any atom is -0.359 e. The van der Waals surface area contributed by atoms with Gasteiger partial charge >= 0.3 is 5.69 Å². The van der Waals surface area contributed by atoms with Gasteiger partial charge in [-0.2, -0.15) is 0 Å². The van der Waals surface area contributed by atoms with Crippen molar-refractivity contribution in [3.05, 3.63) is 28.0 Å². The molecule has 0 aromatic carbocycles. The van der Waals surface area contributed by atoms with Crippen LogP contribution >= 0.6 is 0 Å². The molecule has 0 bridgehead atoms. The van der Waals surface area contributed by atoms with E-state index in [4.69, 9.17) is 0 Å². The number of aryl methyl sites for hydroxylation is 1. The van der Waals surface area contributed by atoms with Gasteiger partial charge in [-0.05, 0) is 13.0 Å². The number of nitrogens with zero attached hydrogens (tertiary/aromatic N) is 3. The molecule has 17 heavy (non-hydrogen) atoms. The van der Waals surface area contributed by atoms with Gasteiger partial charge in [0.2, 0.25) is 5.82 Å². The maximum atomic E-state index is 10.8. The molecule has 92 valence electrons. The second-order valence-electron chi connectivity index (χ2n) is 3.96. The lowest BCUT2D eigenvalue weighted by Gasteiger charge is -2.13. The van der Waals surface area contributed by atoms with Crippen molar-refractivity contribution in [2.75, 3.05) is 25.0 Å². The highest BCUT2D eigenvalue weighted by Gasteiger charge is 2.18. The molecule has 0 atom stereocenters. The van der Waals surface area contributed by atoms with Gasteiger partial charge in [0.1, 0.15) is 6.20 Å². The summed E-state index contributed by atoms with van der Waals surface area (Å²) < 4.78 is 1.44. The SMILES string of the molecule is Cn1cc([N+](=O)[O-])c(NCC2=CCNCC2)n1. The van der Waals surface area contributed by atoms with Crippen molar-refractivity contribution in [2.24, 2.45) is 7.05 Å². The lowest BCUT2D eigenvalue weighted by molar-refractivity contribution is -0.384. The first-order valence-electron chi connectivity index (χ1n) is 5.47. The van der Waals surface area contributed by atoms with Crippen molar-refractivity contribution in [2.45, 2.75) is 6.42 Å². The number of hydrogen-bond donors (Lipinski definition) is 2. The van der Waals surface area contributed by atoms with Crippen LogP contribution in [0.2, 0.25) is 0 Å². The second kappa shape index (κ2) is 4.96. The molecule has 7 nitrogen and oxygen atoms in total. The van der Waals surface area contributed by atoms with Crippen LogP contribution in [-0.4, -0.2) is 34.3 Å². The van der Waals surface area contributed by atoms with E-state index in [-0.39, 0.29) is 5.69 Å². The minimum absolute atomic E-state index is 0.0158. The Kier molecular flexibility index (Phi) is 3.38. The Morgan fingerprint density at radius 3 is 3.18 bits per heavy atom. The summed E-state index contributed by atoms with van der Waals surface area (Å²) in [5.41, 5.74) is 1.27. The molecule has 1 aromatic heterocycles. The summed E-state index contributed by atoms with van der Waals surface area (Å²) in [6.45, 7) is 2.43. The van der Waals surface area contributed by atoms with E-state index in [1.807, 2.05) is 0 Å². The molecule has 0 amide bonds. The van der Waals surface area contributed by atoms with Gasteiger partial charge in [0.05, 0.1) is 4.92 Å². The first-order chi connectivity index (χ1) is 8.16. The van der Waals surface area contributed by atoms with Gasteiger partial charge in [-0.25, -0.2) is 0 Å². The molecule has 0 spiro atoms. The number of anilines is 1. The van der Waals surface area contributed by atoms with Gasteiger partial charge in [0.15, 0.2) is 0 Å². The highest BCUT2D eigenvalue weighted by molar-refractivity contribution is 5.55. The predicted octanol–water partition coefficient (Wildman–Crippen LogP) is 0.660. The van der Waals surface area contributed by atoms with Crippen LogP contribution in [-0.2, 0) is 7.05 Å². The molecule has 0 aliphatic carbocycles. The van der Waals surface area contributed by atoms with Crippen LogP contribution in [0.25, 0.3) is 0 Å². The fraction of sp³-hybridized carbons (Fsp3) is 0.500. The molecule has 1 aromatic rings. The molecule has 7 heteroatoms. The number of nitrogens with one attached hydrogen (secondary N) is 2. The van der Waals surface area contributed by atoms with Crippen molar-refractivity contribution < 1.29 is 4.92 Å². The summed E-state index contributed by atoms with van der Waals surface area (Å²) in [6.07, 6.45) is 4.47. The van der Waals surface area contributed by atoms with Crippen LogP contribution in [0.3, 0.4) is 0 Å². The Morgan fingerprint density at radius 1 is 1.71 bits per heavy atom. The maximum Gasteiger partial charge on any atom is 0.330 e. The van der Waals surface area contributed by atoms with E-state index in [0.29, 0.717) is 12.4 Å². The average Bonchev–Trinajstić information content (AvgIpc) is 2.69. The zero-order chi connectivity index (χ0) is 12.3. The third-order valence-corrected chi connectivity index (χ3v) is 2.65. The van der Waals surface area contributed by atoms with Gasteiger partial charge in [-0.15, -0.1) is 5.10 Å². The third kappa shape index (κ3) is 2.82. The van der Waals surface area contributed by atoms with Crippen molar-refractivity contribution in [1.82, 2.24) is 15.1 Å². The Hall–Kier alpha value is -1.89. The first kappa shape index (κ1) is 11.6. The molecule has 1 aliphatic rings. The molecule has 1 aliphatic heterocycles. The van der Waals surface area contributed by atoms with Crippen molar-refractivity contribution in [3.8, 4) is 0 Å². The van der Waals surface area contributed by atoms with Gasteiger partial charge in [0, 0.05) is 20.1 Å². The van der Waals surface area contributed by atoms with Crippen LogP contribution in [0.5, 0.6) is 0 Å². The summed E-state index contributed by atoms with van der Waals surface area (Å²) in [7, 11) is 1.67. The number of aromatic nitrogens is 2. The normalized spacial score (nSPS) is 15.5. The van der Waals surface area contributed by atoms with E-state index in [2.05, 4.69) is 21.8 Å². The molecule has 0 unspecified atom stereocenters. The van der Waals surface area contributed by atoms with E-state index >= 15 is 0 Å². The predicted molar refractivity (Wildman–Crippen MR) is 63.9 cm³/mol. The van der Waals surface area contributed by atoms with Gasteiger partial charge < -0.3 is 10.6 Å². The standard InChI is InChI=1S/C10H15N5O2/c1-14-7-9(15(16)17)10(13-14)12-6-8-2-4-11-5-3-8/h2,7,11H,3-6H2,1H3,(H,12,13). The van der Waals surface area contributed by atoms with Crippen LogP contribution in [0, 0.1) is 10.1 Å². The van der Waals surface area contributed by atoms with E-state index in [9.17, 15) is 10.1 Å². The molecule has 2 N–H and O–H groups in total. The summed E-state index contributed by atoms with van der Waals surface area (Å²) >= 11 is 0. The number of rotatable bonds is 4. The first-order valence-corrected chi connectivity index (χ1v) is 5.47. The summed E-state index contributed by atoms with van der Waals surface area (Å²) in [6, 6.07) is 0. The molecule has 0 fully saturated rings. The van der Waals surface area contributed by atoms with E-state index in [1.165, 1.54) is 16.5 Å². The summed E-state index contributed by atoms with van der Waals surface area (Å²) in [5.74, 6) is 0.330. The fourth-order valence-corrected chi connectivity index (χ4v) is 1.76. The van der Waals surface area contributed by atoms with Crippen molar-refractivity contribution in [1.29, 1.82) is 0 Å². The summed E-state index contributed by atoms with van der Waals surface area (Å²) in [5, 5.41) is 21.0. The Balaban J connectivity index is 2.03. The monoisotopic (exact) mass is 237 g/mol. The second-order valence-corrected chi connectivity index (χ2v) is 3.96. The topological polar surface area (TPSA) is 85.0 Å². The molecule has 0 saturated carbocycles. The van der Waals surface area contributed by atoms with E-state index in [0.717, 1.165) is 19.5 Å². The average molecular weight is 237 g/mol. The molecule has 2 heterocycles. The minimum atomic E-state index is -0.424.